The molecule has 1 aromatic rings. The second-order valence-electron chi connectivity index (χ2n) is 4.24. The molecular formula is C12H13N3O2. The second kappa shape index (κ2) is 4.07. The monoisotopic (exact) mass is 231 g/mol. The number of fused-ring (bicyclic) bond motifs is 1. The Morgan fingerprint density at radius 1 is 1.65 bits per heavy atom. The van der Waals surface area contributed by atoms with Crippen molar-refractivity contribution in [3.05, 3.63) is 29.8 Å². The SMILES string of the molecule is N#C[C@]1(C[C@H](N)C(=O)O)CNc2ccccc21. The molecule has 4 N–H and O–H groups in total. The highest BCUT2D eigenvalue weighted by Crippen LogP contribution is 2.39. The van der Waals surface area contributed by atoms with Crippen LogP contribution in [0.2, 0.25) is 0 Å². The Balaban J connectivity index is 2.35. The zero-order chi connectivity index (χ0) is 12.5. The van der Waals surface area contributed by atoms with Crippen LogP contribution in [0.15, 0.2) is 24.3 Å². The number of para-hydroxylation sites is 1. The average Bonchev–Trinajstić information content (AvgIpc) is 2.69. The van der Waals surface area contributed by atoms with E-state index in [-0.39, 0.29) is 6.42 Å². The number of hydrogen-bond acceptors (Lipinski definition) is 4. The molecule has 0 aromatic heterocycles. The van der Waals surface area contributed by atoms with Gasteiger partial charge in [0.05, 0.1) is 6.07 Å². The number of aliphatic carboxylic acids is 1. The van der Waals surface area contributed by atoms with Gasteiger partial charge in [-0.1, -0.05) is 18.2 Å². The minimum atomic E-state index is -1.08. The molecule has 0 unspecified atom stereocenters. The molecule has 0 amide bonds. The Bertz CT molecular complexity index is 495. The third kappa shape index (κ3) is 1.83. The predicted molar refractivity (Wildman–Crippen MR) is 62.5 cm³/mol. The first-order chi connectivity index (χ1) is 8.09. The standard InChI is InChI=1S/C12H13N3O2/c13-6-12(5-9(14)11(16)17)7-15-10-4-2-1-3-8(10)12/h1-4,9,15H,5,7,14H2,(H,16,17)/t9-,12+/m0/s1. The summed E-state index contributed by atoms with van der Waals surface area (Å²) in [6.45, 7) is 0.407. The van der Waals surface area contributed by atoms with E-state index in [0.717, 1.165) is 11.3 Å². The molecule has 0 bridgehead atoms. The van der Waals surface area contributed by atoms with Gasteiger partial charge < -0.3 is 16.2 Å². The first kappa shape index (κ1) is 11.4. The van der Waals surface area contributed by atoms with Crippen LogP contribution in [0.3, 0.4) is 0 Å². The van der Waals surface area contributed by atoms with Gasteiger partial charge in [-0.05, 0) is 18.1 Å². The van der Waals surface area contributed by atoms with Crippen molar-refractivity contribution in [2.75, 3.05) is 11.9 Å². The highest BCUT2D eigenvalue weighted by Gasteiger charge is 2.41. The van der Waals surface area contributed by atoms with E-state index in [0.29, 0.717) is 6.54 Å². The van der Waals surface area contributed by atoms with E-state index < -0.39 is 17.4 Å². The molecule has 0 saturated heterocycles. The summed E-state index contributed by atoms with van der Waals surface area (Å²) < 4.78 is 0. The number of nitrogens with one attached hydrogen (secondary N) is 1. The molecular weight excluding hydrogens is 218 g/mol. The third-order valence-corrected chi connectivity index (χ3v) is 3.12. The van der Waals surface area contributed by atoms with E-state index in [1.165, 1.54) is 0 Å². The van der Waals surface area contributed by atoms with Crippen molar-refractivity contribution in [1.82, 2.24) is 0 Å². The van der Waals surface area contributed by atoms with Crippen LogP contribution in [-0.2, 0) is 10.2 Å². The largest absolute Gasteiger partial charge is 0.480 e. The zero-order valence-electron chi connectivity index (χ0n) is 9.18. The summed E-state index contributed by atoms with van der Waals surface area (Å²) in [4.78, 5) is 10.8. The number of carbonyl (C=O) groups is 1. The van der Waals surface area contributed by atoms with Crippen molar-refractivity contribution in [3.63, 3.8) is 0 Å². The van der Waals surface area contributed by atoms with Gasteiger partial charge >= 0.3 is 5.97 Å². The second-order valence-corrected chi connectivity index (χ2v) is 4.24. The van der Waals surface area contributed by atoms with Crippen molar-refractivity contribution in [3.8, 4) is 6.07 Å². The summed E-state index contributed by atoms with van der Waals surface area (Å²) in [5, 5.41) is 21.3. The van der Waals surface area contributed by atoms with Crippen LogP contribution in [-0.4, -0.2) is 23.7 Å². The topological polar surface area (TPSA) is 99.1 Å². The van der Waals surface area contributed by atoms with Crippen LogP contribution in [0, 0.1) is 11.3 Å². The van der Waals surface area contributed by atoms with Crippen LogP contribution >= 0.6 is 0 Å². The number of benzene rings is 1. The number of rotatable bonds is 3. The summed E-state index contributed by atoms with van der Waals surface area (Å²) in [7, 11) is 0. The quantitative estimate of drug-likeness (QED) is 0.710. The summed E-state index contributed by atoms with van der Waals surface area (Å²) in [6, 6.07) is 8.61. The van der Waals surface area contributed by atoms with Gasteiger partial charge in [0.15, 0.2) is 0 Å². The lowest BCUT2D eigenvalue weighted by Gasteiger charge is -2.22. The fraction of sp³-hybridized carbons (Fsp3) is 0.333. The van der Waals surface area contributed by atoms with Crippen molar-refractivity contribution in [2.45, 2.75) is 17.9 Å². The fourth-order valence-corrected chi connectivity index (χ4v) is 2.19. The molecule has 0 fully saturated rings. The maximum atomic E-state index is 10.8. The van der Waals surface area contributed by atoms with Gasteiger partial charge in [0.25, 0.3) is 0 Å². The Morgan fingerprint density at radius 2 is 2.35 bits per heavy atom. The summed E-state index contributed by atoms with van der Waals surface area (Å²) in [5.74, 6) is -1.08. The van der Waals surface area contributed by atoms with Crippen molar-refractivity contribution in [2.24, 2.45) is 5.73 Å². The molecule has 5 nitrogen and oxygen atoms in total. The molecule has 5 heteroatoms. The Labute approximate surface area is 98.9 Å². The Morgan fingerprint density at radius 3 is 3.00 bits per heavy atom. The van der Waals surface area contributed by atoms with Gasteiger partial charge in [0.2, 0.25) is 0 Å². The first-order valence-electron chi connectivity index (χ1n) is 5.32. The first-order valence-corrected chi connectivity index (χ1v) is 5.32. The van der Waals surface area contributed by atoms with Crippen LogP contribution in [0.5, 0.6) is 0 Å². The lowest BCUT2D eigenvalue weighted by Crippen LogP contribution is -2.40. The van der Waals surface area contributed by atoms with E-state index >= 15 is 0 Å². The summed E-state index contributed by atoms with van der Waals surface area (Å²) in [6.07, 6.45) is 0.114. The van der Waals surface area contributed by atoms with Gasteiger partial charge in [-0.2, -0.15) is 5.26 Å². The summed E-state index contributed by atoms with van der Waals surface area (Å²) in [5.41, 5.74) is 6.41. The van der Waals surface area contributed by atoms with Gasteiger partial charge in [0.1, 0.15) is 11.5 Å². The molecule has 1 heterocycles. The number of nitriles is 1. The van der Waals surface area contributed by atoms with Gasteiger partial charge in [-0.3, -0.25) is 4.79 Å². The maximum Gasteiger partial charge on any atom is 0.320 e. The van der Waals surface area contributed by atoms with E-state index in [1.807, 2.05) is 24.3 Å². The van der Waals surface area contributed by atoms with Crippen LogP contribution in [0.25, 0.3) is 0 Å². The van der Waals surface area contributed by atoms with Crippen LogP contribution in [0.4, 0.5) is 5.69 Å². The fourth-order valence-electron chi connectivity index (χ4n) is 2.19. The molecule has 0 saturated carbocycles. The Kier molecular flexibility index (Phi) is 2.74. The molecule has 1 aliphatic rings. The number of nitrogens with two attached hydrogens (primary N) is 1. The summed E-state index contributed by atoms with van der Waals surface area (Å²) >= 11 is 0. The number of anilines is 1. The normalized spacial score (nSPS) is 23.3. The lowest BCUT2D eigenvalue weighted by molar-refractivity contribution is -0.138. The molecule has 0 radical (unpaired) electrons. The van der Waals surface area contributed by atoms with Crippen molar-refractivity contribution >= 4 is 11.7 Å². The minimum absolute atomic E-state index is 0.114. The van der Waals surface area contributed by atoms with E-state index in [2.05, 4.69) is 11.4 Å². The lowest BCUT2D eigenvalue weighted by atomic mass is 9.78. The van der Waals surface area contributed by atoms with E-state index in [4.69, 9.17) is 10.8 Å². The molecule has 1 aliphatic heterocycles. The molecule has 0 spiro atoms. The van der Waals surface area contributed by atoms with Gasteiger partial charge in [0, 0.05) is 12.2 Å². The van der Waals surface area contributed by atoms with Gasteiger partial charge in [-0.15, -0.1) is 0 Å². The highest BCUT2D eigenvalue weighted by atomic mass is 16.4. The number of hydrogen-bond donors (Lipinski definition) is 3. The molecule has 1 aromatic carbocycles. The predicted octanol–water partition coefficient (Wildman–Crippen LogP) is 0.675. The molecule has 2 atom stereocenters. The smallest absolute Gasteiger partial charge is 0.320 e. The molecule has 0 aliphatic carbocycles. The average molecular weight is 231 g/mol. The van der Waals surface area contributed by atoms with E-state index in [9.17, 15) is 10.1 Å². The van der Waals surface area contributed by atoms with Crippen molar-refractivity contribution < 1.29 is 9.90 Å². The van der Waals surface area contributed by atoms with Gasteiger partial charge in [-0.25, -0.2) is 0 Å². The van der Waals surface area contributed by atoms with Crippen molar-refractivity contribution in [1.29, 1.82) is 5.26 Å². The Hall–Kier alpha value is -2.06. The zero-order valence-corrected chi connectivity index (χ0v) is 9.18. The van der Waals surface area contributed by atoms with E-state index in [1.54, 1.807) is 0 Å². The highest BCUT2D eigenvalue weighted by molar-refractivity contribution is 5.74. The van der Waals surface area contributed by atoms with Crippen LogP contribution in [0.1, 0.15) is 12.0 Å². The number of carboxylic acids is 1. The van der Waals surface area contributed by atoms with Crippen LogP contribution < -0.4 is 11.1 Å². The maximum absolute atomic E-state index is 10.8. The molecule has 17 heavy (non-hydrogen) atoms. The molecule has 88 valence electrons. The molecule has 2 rings (SSSR count). The third-order valence-electron chi connectivity index (χ3n) is 3.12. The minimum Gasteiger partial charge on any atom is -0.480 e. The number of carboxylic acid groups (broad SMARTS) is 1. The number of nitrogens with zero attached hydrogens (tertiary/aromatic N) is 1.